The van der Waals surface area contributed by atoms with Crippen molar-refractivity contribution < 1.29 is 4.74 Å². The topological polar surface area (TPSA) is 9.23 Å². The maximum atomic E-state index is 5.09. The van der Waals surface area contributed by atoms with E-state index in [1.165, 1.54) is 22.0 Å². The zero-order chi connectivity index (χ0) is 9.14. The van der Waals surface area contributed by atoms with Crippen LogP contribution in [0.4, 0.5) is 0 Å². The molecule has 0 saturated carbocycles. The molecule has 0 radical (unpaired) electrons. The first-order chi connectivity index (χ1) is 5.65. The average molecular weight is 182 g/mol. The summed E-state index contributed by atoms with van der Waals surface area (Å²) in [7, 11) is 4.46. The number of methoxy groups -OCH3 is 1. The fourth-order valence-corrected chi connectivity index (χ4v) is 1.51. The van der Waals surface area contributed by atoms with E-state index in [0.29, 0.717) is 6.61 Å². The van der Waals surface area contributed by atoms with Crippen molar-refractivity contribution in [1.82, 2.24) is 0 Å². The fraction of sp³-hybridized carbons (Fsp3) is 0.400. The van der Waals surface area contributed by atoms with Gasteiger partial charge in [0.25, 0.3) is 0 Å². The van der Waals surface area contributed by atoms with Crippen molar-refractivity contribution in [2.45, 2.75) is 20.5 Å². The lowest BCUT2D eigenvalue weighted by Gasteiger charge is -2.08. The van der Waals surface area contributed by atoms with Gasteiger partial charge in [-0.05, 0) is 41.9 Å². The summed E-state index contributed by atoms with van der Waals surface area (Å²) in [6.07, 6.45) is 0. The first-order valence-electron chi connectivity index (χ1n) is 3.99. The molecule has 0 fully saturated rings. The van der Waals surface area contributed by atoms with E-state index in [1.54, 1.807) is 7.11 Å². The van der Waals surface area contributed by atoms with Crippen LogP contribution in [0.15, 0.2) is 12.1 Å². The lowest BCUT2D eigenvalue weighted by molar-refractivity contribution is 0.184. The van der Waals surface area contributed by atoms with Gasteiger partial charge in [0.05, 0.1) is 6.61 Å². The number of hydrogen-bond donors (Lipinski definition) is 0. The molecule has 1 nitrogen and oxygen atoms in total. The first-order valence-corrected chi connectivity index (χ1v) is 4.57. The minimum atomic E-state index is 0.702. The molecule has 66 valence electrons. The first kappa shape index (κ1) is 9.70. The van der Waals surface area contributed by atoms with E-state index in [9.17, 15) is 0 Å². The Morgan fingerprint density at radius 2 is 1.92 bits per heavy atom. The largest absolute Gasteiger partial charge is 0.380 e. The molecule has 1 atom stereocenters. The van der Waals surface area contributed by atoms with Crippen molar-refractivity contribution in [2.24, 2.45) is 0 Å². The molecule has 2 heteroatoms. The minimum Gasteiger partial charge on any atom is -0.380 e. The third kappa shape index (κ3) is 2.06. The van der Waals surface area contributed by atoms with E-state index in [-0.39, 0.29) is 0 Å². The summed E-state index contributed by atoms with van der Waals surface area (Å²) in [5.41, 5.74) is 3.89. The second-order valence-electron chi connectivity index (χ2n) is 3.07. The van der Waals surface area contributed by atoms with Crippen molar-refractivity contribution in [3.63, 3.8) is 0 Å². The van der Waals surface area contributed by atoms with E-state index >= 15 is 0 Å². The molecular formula is C10H15OP. The monoisotopic (exact) mass is 182 g/mol. The molecule has 0 bridgehead atoms. The zero-order valence-corrected chi connectivity index (χ0v) is 9.00. The minimum absolute atomic E-state index is 0.702. The average Bonchev–Trinajstić information content (AvgIpc) is 2.01. The second-order valence-corrected chi connectivity index (χ2v) is 3.69. The summed E-state index contributed by atoms with van der Waals surface area (Å²) >= 11 is 0. The van der Waals surface area contributed by atoms with E-state index in [4.69, 9.17) is 4.74 Å². The van der Waals surface area contributed by atoms with Crippen LogP contribution in [-0.2, 0) is 11.3 Å². The Morgan fingerprint density at radius 1 is 1.25 bits per heavy atom. The molecule has 0 aliphatic carbocycles. The van der Waals surface area contributed by atoms with Crippen LogP contribution < -0.4 is 5.30 Å². The van der Waals surface area contributed by atoms with Gasteiger partial charge in [-0.3, -0.25) is 0 Å². The highest BCUT2D eigenvalue weighted by atomic mass is 31.0. The maximum Gasteiger partial charge on any atom is 0.0715 e. The fourth-order valence-electron chi connectivity index (χ4n) is 1.23. The van der Waals surface area contributed by atoms with Gasteiger partial charge >= 0.3 is 0 Å². The van der Waals surface area contributed by atoms with Crippen LogP contribution in [0.25, 0.3) is 0 Å². The molecule has 1 aromatic carbocycles. The van der Waals surface area contributed by atoms with Gasteiger partial charge in [-0.15, -0.1) is 9.24 Å². The van der Waals surface area contributed by atoms with Crippen molar-refractivity contribution in [1.29, 1.82) is 0 Å². The Balaban J connectivity index is 3.05. The molecule has 0 aromatic heterocycles. The molecular weight excluding hydrogens is 167 g/mol. The van der Waals surface area contributed by atoms with Crippen LogP contribution in [0, 0.1) is 13.8 Å². The molecule has 12 heavy (non-hydrogen) atoms. The number of aryl methyl sites for hydroxylation is 2. The lowest BCUT2D eigenvalue weighted by atomic mass is 10.1. The molecule has 1 rings (SSSR count). The molecule has 0 heterocycles. The van der Waals surface area contributed by atoms with Gasteiger partial charge in [0.2, 0.25) is 0 Å². The normalized spacial score (nSPS) is 10.3. The van der Waals surface area contributed by atoms with Crippen LogP contribution in [0.2, 0.25) is 0 Å². The lowest BCUT2D eigenvalue weighted by Crippen LogP contribution is -2.02. The number of rotatable bonds is 2. The second kappa shape index (κ2) is 4.02. The van der Waals surface area contributed by atoms with E-state index < -0.39 is 0 Å². The Kier molecular flexibility index (Phi) is 3.25. The third-order valence-electron chi connectivity index (χ3n) is 2.02. The summed E-state index contributed by atoms with van der Waals surface area (Å²) in [6.45, 7) is 4.94. The van der Waals surface area contributed by atoms with Crippen molar-refractivity contribution in [3.8, 4) is 0 Å². The van der Waals surface area contributed by atoms with Gasteiger partial charge < -0.3 is 4.74 Å². The summed E-state index contributed by atoms with van der Waals surface area (Å²) in [4.78, 5) is 0. The van der Waals surface area contributed by atoms with Gasteiger partial charge in [0.1, 0.15) is 0 Å². The quantitative estimate of drug-likeness (QED) is 0.635. The van der Waals surface area contributed by atoms with Crippen molar-refractivity contribution in [2.75, 3.05) is 7.11 Å². The Bertz CT molecular complexity index is 281. The number of benzene rings is 1. The molecule has 0 N–H and O–H groups in total. The Hall–Kier alpha value is -0.390. The molecule has 0 aliphatic rings. The van der Waals surface area contributed by atoms with E-state index in [1.807, 2.05) is 0 Å². The van der Waals surface area contributed by atoms with Crippen LogP contribution in [0.3, 0.4) is 0 Å². The summed E-state index contributed by atoms with van der Waals surface area (Å²) in [5, 5.41) is 1.26. The predicted octanol–water partition coefficient (Wildman–Crippen LogP) is 1.95. The van der Waals surface area contributed by atoms with E-state index in [2.05, 4.69) is 35.2 Å². The highest BCUT2D eigenvalue weighted by Crippen LogP contribution is 2.11. The predicted molar refractivity (Wildman–Crippen MR) is 56.0 cm³/mol. The van der Waals surface area contributed by atoms with Gasteiger partial charge in [0.15, 0.2) is 0 Å². The maximum absolute atomic E-state index is 5.09. The molecule has 0 spiro atoms. The van der Waals surface area contributed by atoms with Crippen LogP contribution in [-0.4, -0.2) is 7.11 Å². The third-order valence-corrected chi connectivity index (χ3v) is 2.65. The Morgan fingerprint density at radius 3 is 2.50 bits per heavy atom. The van der Waals surface area contributed by atoms with Gasteiger partial charge in [-0.1, -0.05) is 6.07 Å². The Labute approximate surface area is 76.3 Å². The standard InChI is InChI=1S/C10H15OP/c1-7-4-8(2)10(12)5-9(7)6-11-3/h4-5H,6,12H2,1-3H3. The van der Waals surface area contributed by atoms with Crippen molar-refractivity contribution >= 4 is 14.5 Å². The highest BCUT2D eigenvalue weighted by Gasteiger charge is 2.00. The van der Waals surface area contributed by atoms with Crippen LogP contribution in [0.1, 0.15) is 16.7 Å². The smallest absolute Gasteiger partial charge is 0.0715 e. The SMILES string of the molecule is COCc1cc(P)c(C)cc1C. The number of ether oxygens (including phenoxy) is 1. The number of hydrogen-bond acceptors (Lipinski definition) is 1. The van der Waals surface area contributed by atoms with Crippen molar-refractivity contribution in [3.05, 3.63) is 28.8 Å². The molecule has 0 amide bonds. The highest BCUT2D eigenvalue weighted by molar-refractivity contribution is 7.27. The molecule has 0 aliphatic heterocycles. The summed E-state index contributed by atoms with van der Waals surface area (Å²) < 4.78 is 5.09. The zero-order valence-electron chi connectivity index (χ0n) is 7.85. The van der Waals surface area contributed by atoms with Gasteiger partial charge in [0, 0.05) is 7.11 Å². The van der Waals surface area contributed by atoms with E-state index in [0.717, 1.165) is 0 Å². The summed E-state index contributed by atoms with van der Waals surface area (Å²) in [6, 6.07) is 4.36. The molecule has 0 saturated heterocycles. The molecule has 1 unspecified atom stereocenters. The summed E-state index contributed by atoms with van der Waals surface area (Å²) in [5.74, 6) is 0. The molecule has 1 aromatic rings. The van der Waals surface area contributed by atoms with Crippen LogP contribution >= 0.6 is 9.24 Å². The van der Waals surface area contributed by atoms with Gasteiger partial charge in [-0.25, -0.2) is 0 Å². The van der Waals surface area contributed by atoms with Gasteiger partial charge in [-0.2, -0.15) is 0 Å². The van der Waals surface area contributed by atoms with Crippen LogP contribution in [0.5, 0.6) is 0 Å².